The molecule has 51 heavy (non-hydrogen) atoms. The van der Waals surface area contributed by atoms with Gasteiger partial charge in [-0.15, -0.1) is 0 Å². The predicted molar refractivity (Wildman–Crippen MR) is 207 cm³/mol. The van der Waals surface area contributed by atoms with Gasteiger partial charge in [-0.25, -0.2) is 0 Å². The Morgan fingerprint density at radius 1 is 0.647 bits per heavy atom. The van der Waals surface area contributed by atoms with Crippen LogP contribution in [0.3, 0.4) is 0 Å². The van der Waals surface area contributed by atoms with Crippen LogP contribution in [0.25, 0.3) is 0 Å². The molecule has 298 valence electrons. The predicted octanol–water partition coefficient (Wildman–Crippen LogP) is 7.72. The monoisotopic (exact) mass is 724 g/mol. The molecule has 9 heteroatoms. The van der Waals surface area contributed by atoms with Crippen LogP contribution in [0, 0.1) is 0 Å². The van der Waals surface area contributed by atoms with Crippen LogP contribution in [0.4, 0.5) is 0 Å². The summed E-state index contributed by atoms with van der Waals surface area (Å²) in [6, 6.07) is -0.822. The van der Waals surface area contributed by atoms with Gasteiger partial charge in [-0.3, -0.25) is 4.79 Å². The highest BCUT2D eigenvalue weighted by Crippen LogP contribution is 2.22. The molecule has 0 aromatic heterocycles. The van der Waals surface area contributed by atoms with Crippen LogP contribution < -0.4 is 5.32 Å². The summed E-state index contributed by atoms with van der Waals surface area (Å²) in [5.74, 6) is -0.195. The van der Waals surface area contributed by atoms with Crippen molar-refractivity contribution in [1.29, 1.82) is 0 Å². The van der Waals surface area contributed by atoms with E-state index >= 15 is 0 Å². The lowest BCUT2D eigenvalue weighted by molar-refractivity contribution is -0.302. The highest BCUT2D eigenvalue weighted by Gasteiger charge is 2.44. The Labute approximate surface area is 311 Å². The number of rotatable bonds is 33. The molecule has 0 bridgehead atoms. The Bertz CT molecular complexity index is 894. The maximum absolute atomic E-state index is 12.8. The van der Waals surface area contributed by atoms with Gasteiger partial charge in [0.25, 0.3) is 0 Å². The largest absolute Gasteiger partial charge is 0.394 e. The molecule has 1 aliphatic heterocycles. The topological polar surface area (TPSA) is 149 Å². The van der Waals surface area contributed by atoms with Gasteiger partial charge in [0.05, 0.1) is 25.4 Å². The summed E-state index contributed by atoms with van der Waals surface area (Å²) in [6.45, 7) is 3.71. The van der Waals surface area contributed by atoms with Gasteiger partial charge in [0.15, 0.2) is 6.29 Å². The molecule has 0 saturated carbocycles. The van der Waals surface area contributed by atoms with Gasteiger partial charge < -0.3 is 40.3 Å². The lowest BCUT2D eigenvalue weighted by Gasteiger charge is -2.40. The van der Waals surface area contributed by atoms with E-state index in [-0.39, 0.29) is 12.5 Å². The van der Waals surface area contributed by atoms with Gasteiger partial charge >= 0.3 is 0 Å². The molecular formula is C42H77NO8. The number of nitrogens with one attached hydrogen (secondary N) is 1. The highest BCUT2D eigenvalue weighted by molar-refractivity contribution is 5.76. The smallest absolute Gasteiger partial charge is 0.220 e. The first-order valence-corrected chi connectivity index (χ1v) is 20.7. The van der Waals surface area contributed by atoms with Gasteiger partial charge in [0, 0.05) is 6.42 Å². The van der Waals surface area contributed by atoms with Gasteiger partial charge in [-0.1, -0.05) is 153 Å². The molecule has 9 nitrogen and oxygen atoms in total. The molecule has 0 aliphatic carbocycles. The second-order valence-electron chi connectivity index (χ2n) is 14.4. The number of carbonyl (C=O) groups excluding carboxylic acids is 1. The number of aliphatic hydroxyl groups excluding tert-OH is 5. The Morgan fingerprint density at radius 2 is 1.12 bits per heavy atom. The standard InChI is InChI=1S/C42H77NO8/c1-3-5-7-9-11-13-15-16-17-18-19-20-21-22-23-25-27-29-31-36(45)35(34-50-42-41(49)40(48)39(47)37(33-44)51-42)43-38(46)32-30-28-26-24-14-12-10-8-6-4-2/h18-19,22-23,29,31,35-37,39-42,44-45,47-49H,3-17,20-21,24-28,30,32-34H2,1-2H3,(H,43,46)/b19-18+,23-22+,31-29+. The minimum absolute atomic E-state index is 0.195. The molecule has 0 spiro atoms. The van der Waals surface area contributed by atoms with Crippen molar-refractivity contribution >= 4 is 5.91 Å². The maximum atomic E-state index is 12.8. The van der Waals surface area contributed by atoms with E-state index in [2.05, 4.69) is 43.5 Å². The number of ether oxygens (including phenoxy) is 2. The average molecular weight is 724 g/mol. The van der Waals surface area contributed by atoms with Crippen LogP contribution in [0.15, 0.2) is 36.5 Å². The molecule has 0 aromatic rings. The number of hydrogen-bond donors (Lipinski definition) is 6. The van der Waals surface area contributed by atoms with E-state index in [0.717, 1.165) is 44.9 Å². The minimum Gasteiger partial charge on any atom is -0.394 e. The number of allylic oxidation sites excluding steroid dienone is 5. The van der Waals surface area contributed by atoms with Crippen molar-refractivity contribution in [3.63, 3.8) is 0 Å². The zero-order valence-electron chi connectivity index (χ0n) is 32.4. The van der Waals surface area contributed by atoms with Crippen molar-refractivity contribution in [2.75, 3.05) is 13.2 Å². The SMILES string of the molecule is CCCCCCCCCC/C=C/CC/C=C/CC/C=C/C(O)C(COC1OC(CO)C(O)C(O)C1O)NC(=O)CCCCCCCCCCCC. The first kappa shape index (κ1) is 47.4. The summed E-state index contributed by atoms with van der Waals surface area (Å²) >= 11 is 0. The normalized spacial score (nSPS) is 22.4. The Balaban J connectivity index is 2.45. The summed E-state index contributed by atoms with van der Waals surface area (Å²) < 4.78 is 11.1. The Hall–Kier alpha value is -1.59. The van der Waals surface area contributed by atoms with Crippen LogP contribution >= 0.6 is 0 Å². The van der Waals surface area contributed by atoms with E-state index < -0.39 is 49.5 Å². The summed E-state index contributed by atoms with van der Waals surface area (Å²) in [7, 11) is 0. The summed E-state index contributed by atoms with van der Waals surface area (Å²) in [5.41, 5.74) is 0. The van der Waals surface area contributed by atoms with E-state index in [9.17, 15) is 30.3 Å². The zero-order valence-corrected chi connectivity index (χ0v) is 32.4. The number of unbranched alkanes of at least 4 members (excludes halogenated alkanes) is 19. The highest BCUT2D eigenvalue weighted by atomic mass is 16.7. The molecular weight excluding hydrogens is 646 g/mol. The van der Waals surface area contributed by atoms with E-state index in [0.29, 0.717) is 6.42 Å². The third-order valence-electron chi connectivity index (χ3n) is 9.70. The number of amides is 1. The van der Waals surface area contributed by atoms with E-state index in [1.165, 1.54) is 103 Å². The molecule has 0 radical (unpaired) electrons. The lowest BCUT2D eigenvalue weighted by Crippen LogP contribution is -2.60. The third-order valence-corrected chi connectivity index (χ3v) is 9.70. The summed E-state index contributed by atoms with van der Waals surface area (Å²) in [4.78, 5) is 12.8. The van der Waals surface area contributed by atoms with Crippen LogP contribution in [-0.2, 0) is 14.3 Å². The van der Waals surface area contributed by atoms with Crippen molar-refractivity contribution in [3.8, 4) is 0 Å². The van der Waals surface area contributed by atoms with Crippen molar-refractivity contribution in [3.05, 3.63) is 36.5 Å². The van der Waals surface area contributed by atoms with Crippen LogP contribution in [-0.4, -0.2) is 87.5 Å². The van der Waals surface area contributed by atoms with Gasteiger partial charge in [0.2, 0.25) is 5.91 Å². The average Bonchev–Trinajstić information content (AvgIpc) is 3.13. The van der Waals surface area contributed by atoms with Crippen LogP contribution in [0.1, 0.15) is 168 Å². The molecule has 1 saturated heterocycles. The van der Waals surface area contributed by atoms with E-state index in [4.69, 9.17) is 9.47 Å². The third kappa shape index (κ3) is 24.4. The first-order valence-electron chi connectivity index (χ1n) is 20.7. The Morgan fingerprint density at radius 3 is 1.65 bits per heavy atom. The fourth-order valence-electron chi connectivity index (χ4n) is 6.30. The minimum atomic E-state index is -1.57. The summed E-state index contributed by atoms with van der Waals surface area (Å²) in [5, 5.41) is 53.9. The quantitative estimate of drug-likeness (QED) is 0.0298. The van der Waals surface area contributed by atoms with Gasteiger partial charge in [-0.05, 0) is 44.9 Å². The molecule has 1 aliphatic rings. The molecule has 1 fully saturated rings. The summed E-state index contributed by atoms with van der Waals surface area (Å²) in [6.07, 6.45) is 31.9. The molecule has 0 aromatic carbocycles. The van der Waals surface area contributed by atoms with Crippen LogP contribution in [0.2, 0.25) is 0 Å². The fraction of sp³-hybridized carbons (Fsp3) is 0.833. The van der Waals surface area contributed by atoms with Gasteiger partial charge in [0.1, 0.15) is 24.4 Å². The maximum Gasteiger partial charge on any atom is 0.220 e. The molecule has 1 amide bonds. The van der Waals surface area contributed by atoms with Crippen molar-refractivity contribution < 1.29 is 39.8 Å². The molecule has 1 rings (SSSR count). The first-order chi connectivity index (χ1) is 24.8. The second kappa shape index (κ2) is 33.0. The van der Waals surface area contributed by atoms with Crippen molar-refractivity contribution in [2.45, 2.75) is 211 Å². The van der Waals surface area contributed by atoms with Gasteiger partial charge in [-0.2, -0.15) is 0 Å². The van der Waals surface area contributed by atoms with E-state index in [1.54, 1.807) is 6.08 Å². The second-order valence-corrected chi connectivity index (χ2v) is 14.4. The van der Waals surface area contributed by atoms with Crippen molar-refractivity contribution in [2.24, 2.45) is 0 Å². The molecule has 6 N–H and O–H groups in total. The molecule has 7 atom stereocenters. The Kier molecular flexibility index (Phi) is 30.7. The fourth-order valence-corrected chi connectivity index (χ4v) is 6.30. The zero-order chi connectivity index (χ0) is 37.4. The molecule has 7 unspecified atom stereocenters. The van der Waals surface area contributed by atoms with Crippen LogP contribution in [0.5, 0.6) is 0 Å². The number of aliphatic hydroxyl groups is 5. The van der Waals surface area contributed by atoms with Crippen molar-refractivity contribution in [1.82, 2.24) is 5.32 Å². The van der Waals surface area contributed by atoms with E-state index in [1.807, 2.05) is 6.08 Å². The number of hydrogen-bond acceptors (Lipinski definition) is 8. The lowest BCUT2D eigenvalue weighted by atomic mass is 9.99. The number of carbonyl (C=O) groups is 1. The molecule has 1 heterocycles.